The van der Waals surface area contributed by atoms with E-state index in [1.54, 1.807) is 0 Å². The van der Waals surface area contributed by atoms with Crippen molar-refractivity contribution in [2.24, 2.45) is 0 Å². The third-order valence-corrected chi connectivity index (χ3v) is 1.54. The molecule has 5 heteroatoms. The lowest BCUT2D eigenvalue weighted by atomic mass is 10.4. The molecular formula is C5H7NO3S. The molecule has 0 aromatic heterocycles. The maximum absolute atomic E-state index is 10.9. The number of amides is 2. The molecule has 1 rings (SSSR count). The number of cyclic esters (lactones) is 1. The Morgan fingerprint density at radius 2 is 2.10 bits per heavy atom. The number of imide groups is 1. The molecule has 1 atom stereocenters. The van der Waals surface area contributed by atoms with Gasteiger partial charge in [-0.05, 0) is 6.92 Å². The first-order valence-electron chi connectivity index (χ1n) is 2.68. The van der Waals surface area contributed by atoms with Gasteiger partial charge in [0.2, 0.25) is 4.93 Å². The van der Waals surface area contributed by atoms with Gasteiger partial charge in [0.15, 0.2) is 0 Å². The maximum atomic E-state index is 10.9. The van der Waals surface area contributed by atoms with Gasteiger partial charge < -0.3 is 4.74 Å². The first-order valence-corrected chi connectivity index (χ1v) is 3.13. The molecular weight excluding hydrogens is 154 g/mol. The number of nitrogens with zero attached hydrogens (tertiary/aromatic N) is 1. The Kier molecular flexibility index (Phi) is 1.39. The highest BCUT2D eigenvalue weighted by molar-refractivity contribution is 7.82. The van der Waals surface area contributed by atoms with Crippen LogP contribution in [0.3, 0.4) is 0 Å². The van der Waals surface area contributed by atoms with Gasteiger partial charge in [0.05, 0.1) is 0 Å². The molecule has 0 spiro atoms. The quantitative estimate of drug-likeness (QED) is 0.518. The minimum atomic E-state index is -1.27. The van der Waals surface area contributed by atoms with E-state index in [9.17, 15) is 9.59 Å². The van der Waals surface area contributed by atoms with E-state index in [0.29, 0.717) is 0 Å². The topological polar surface area (TPSA) is 46.6 Å². The normalized spacial score (nSPS) is 32.9. The van der Waals surface area contributed by atoms with E-state index in [-0.39, 0.29) is 0 Å². The molecule has 1 unspecified atom stereocenters. The van der Waals surface area contributed by atoms with E-state index < -0.39 is 16.9 Å². The molecule has 56 valence electrons. The molecule has 0 aromatic carbocycles. The third-order valence-electron chi connectivity index (χ3n) is 1.26. The zero-order valence-electron chi connectivity index (χ0n) is 5.62. The lowest BCUT2D eigenvalue weighted by molar-refractivity contribution is -0.129. The summed E-state index contributed by atoms with van der Waals surface area (Å²) < 4.78 is 4.57. The lowest BCUT2D eigenvalue weighted by Crippen LogP contribution is -2.31. The number of carbonyl (C=O) groups excluding carboxylic acids is 2. The monoisotopic (exact) mass is 161 g/mol. The van der Waals surface area contributed by atoms with Crippen molar-refractivity contribution in [2.45, 2.75) is 11.9 Å². The zero-order valence-corrected chi connectivity index (χ0v) is 6.51. The Balaban J connectivity index is 2.92. The molecule has 0 aliphatic carbocycles. The summed E-state index contributed by atoms with van der Waals surface area (Å²) >= 11 is 3.83. The van der Waals surface area contributed by atoms with Crippen LogP contribution in [0, 0.1) is 0 Å². The van der Waals surface area contributed by atoms with Gasteiger partial charge in [-0.1, -0.05) is 0 Å². The Morgan fingerprint density at radius 3 is 2.20 bits per heavy atom. The van der Waals surface area contributed by atoms with Crippen LogP contribution in [-0.4, -0.2) is 28.9 Å². The first-order chi connectivity index (χ1) is 4.45. The van der Waals surface area contributed by atoms with Crippen LogP contribution in [0.1, 0.15) is 6.92 Å². The summed E-state index contributed by atoms with van der Waals surface area (Å²) in [7, 11) is 1.35. The fourth-order valence-electron chi connectivity index (χ4n) is 0.676. The summed E-state index contributed by atoms with van der Waals surface area (Å²) in [6.45, 7) is 1.43. The molecule has 1 fully saturated rings. The zero-order chi connectivity index (χ0) is 7.94. The SMILES string of the molecule is CN1C(=O)OC(C)(S)C1=O. The predicted octanol–water partition coefficient (Wildman–Crippen LogP) is 0.241. The highest BCUT2D eigenvalue weighted by Gasteiger charge is 2.46. The minimum absolute atomic E-state index is 0.430. The van der Waals surface area contributed by atoms with Crippen molar-refractivity contribution in [3.05, 3.63) is 0 Å². The Labute approximate surface area is 63.5 Å². The van der Waals surface area contributed by atoms with Crippen LogP contribution in [0.4, 0.5) is 4.79 Å². The minimum Gasteiger partial charge on any atom is -0.422 e. The van der Waals surface area contributed by atoms with Crippen LogP contribution in [0.25, 0.3) is 0 Å². The summed E-state index contributed by atoms with van der Waals surface area (Å²) in [5, 5.41) is 0. The molecule has 1 aliphatic rings. The van der Waals surface area contributed by atoms with Gasteiger partial charge in [-0.2, -0.15) is 0 Å². The van der Waals surface area contributed by atoms with Gasteiger partial charge in [0.1, 0.15) is 0 Å². The Hall–Kier alpha value is -0.710. The number of rotatable bonds is 0. The highest BCUT2D eigenvalue weighted by atomic mass is 32.1. The Morgan fingerprint density at radius 1 is 1.60 bits per heavy atom. The molecule has 2 amide bonds. The van der Waals surface area contributed by atoms with Crippen molar-refractivity contribution < 1.29 is 14.3 Å². The molecule has 0 saturated carbocycles. The molecule has 0 radical (unpaired) electrons. The van der Waals surface area contributed by atoms with E-state index in [4.69, 9.17) is 0 Å². The highest BCUT2D eigenvalue weighted by Crippen LogP contribution is 2.25. The Bertz CT molecular complexity index is 201. The smallest absolute Gasteiger partial charge is 0.418 e. The molecule has 1 saturated heterocycles. The van der Waals surface area contributed by atoms with E-state index in [1.165, 1.54) is 14.0 Å². The summed E-state index contributed by atoms with van der Waals surface area (Å²) in [5.74, 6) is -0.430. The second kappa shape index (κ2) is 1.88. The number of likely N-dealkylation sites (N-methyl/N-ethyl adjacent to an activating group) is 1. The van der Waals surface area contributed by atoms with Crippen molar-refractivity contribution in [1.29, 1.82) is 0 Å². The first kappa shape index (κ1) is 7.40. The average molecular weight is 161 g/mol. The number of hydrogen-bond donors (Lipinski definition) is 1. The molecule has 0 N–H and O–H groups in total. The van der Waals surface area contributed by atoms with E-state index in [0.717, 1.165) is 4.90 Å². The van der Waals surface area contributed by atoms with Crippen LogP contribution in [-0.2, 0) is 9.53 Å². The van der Waals surface area contributed by atoms with Crippen molar-refractivity contribution in [3.8, 4) is 0 Å². The van der Waals surface area contributed by atoms with Crippen LogP contribution in [0.5, 0.6) is 0 Å². The van der Waals surface area contributed by atoms with Crippen molar-refractivity contribution in [3.63, 3.8) is 0 Å². The van der Waals surface area contributed by atoms with E-state index >= 15 is 0 Å². The predicted molar refractivity (Wildman–Crippen MR) is 36.6 cm³/mol. The van der Waals surface area contributed by atoms with Gasteiger partial charge in [0.25, 0.3) is 5.91 Å². The van der Waals surface area contributed by atoms with Crippen molar-refractivity contribution >= 4 is 24.6 Å². The van der Waals surface area contributed by atoms with Gasteiger partial charge in [-0.3, -0.25) is 4.79 Å². The van der Waals surface area contributed by atoms with Crippen LogP contribution in [0.15, 0.2) is 0 Å². The number of carbonyl (C=O) groups is 2. The van der Waals surface area contributed by atoms with Crippen molar-refractivity contribution in [1.82, 2.24) is 4.90 Å². The van der Waals surface area contributed by atoms with Crippen LogP contribution in [0.2, 0.25) is 0 Å². The molecule has 1 heterocycles. The van der Waals surface area contributed by atoms with Crippen molar-refractivity contribution in [2.75, 3.05) is 7.05 Å². The largest absolute Gasteiger partial charge is 0.422 e. The molecule has 4 nitrogen and oxygen atoms in total. The van der Waals surface area contributed by atoms with E-state index in [1.807, 2.05) is 0 Å². The fraction of sp³-hybridized carbons (Fsp3) is 0.600. The molecule has 10 heavy (non-hydrogen) atoms. The summed E-state index contributed by atoms with van der Waals surface area (Å²) in [5.41, 5.74) is 0. The standard InChI is InChI=1S/C5H7NO3S/c1-5(10)3(7)6(2)4(8)9-5/h10H,1-2H3. The average Bonchev–Trinajstić information content (AvgIpc) is 1.95. The van der Waals surface area contributed by atoms with Gasteiger partial charge in [-0.15, -0.1) is 12.6 Å². The number of thiol groups is 1. The van der Waals surface area contributed by atoms with Crippen LogP contribution < -0.4 is 0 Å². The summed E-state index contributed by atoms with van der Waals surface area (Å²) in [6.07, 6.45) is -0.650. The number of hydrogen-bond acceptors (Lipinski definition) is 4. The second-order valence-corrected chi connectivity index (χ2v) is 3.07. The second-order valence-electron chi connectivity index (χ2n) is 2.22. The lowest BCUT2D eigenvalue weighted by Gasteiger charge is -2.09. The molecule has 0 bridgehead atoms. The van der Waals surface area contributed by atoms with Gasteiger partial charge in [-0.25, -0.2) is 9.69 Å². The third kappa shape index (κ3) is 0.862. The van der Waals surface area contributed by atoms with Gasteiger partial charge >= 0.3 is 6.09 Å². The number of ether oxygens (including phenoxy) is 1. The van der Waals surface area contributed by atoms with E-state index in [2.05, 4.69) is 17.4 Å². The molecule has 0 aromatic rings. The van der Waals surface area contributed by atoms with Gasteiger partial charge in [0, 0.05) is 7.05 Å². The maximum Gasteiger partial charge on any atom is 0.418 e. The van der Waals surface area contributed by atoms with Crippen LogP contribution >= 0.6 is 12.6 Å². The molecule has 1 aliphatic heterocycles. The summed E-state index contributed by atoms with van der Waals surface area (Å²) in [4.78, 5) is 21.2. The fourth-order valence-corrected chi connectivity index (χ4v) is 0.904. The summed E-state index contributed by atoms with van der Waals surface area (Å²) in [6, 6.07) is 0.